The molecule has 1 aliphatic heterocycles. The van der Waals surface area contributed by atoms with Crippen molar-refractivity contribution in [2.45, 2.75) is 13.0 Å². The number of morpholine rings is 1. The number of hydrogen-bond acceptors (Lipinski definition) is 5. The number of hydrogen-bond donors (Lipinski definition) is 0. The van der Waals surface area contributed by atoms with Crippen molar-refractivity contribution in [2.24, 2.45) is 0 Å². The summed E-state index contributed by atoms with van der Waals surface area (Å²) in [5.41, 5.74) is 0.500. The molecule has 0 saturated carbocycles. The van der Waals surface area contributed by atoms with Gasteiger partial charge in [0.25, 0.3) is 0 Å². The van der Waals surface area contributed by atoms with Crippen molar-refractivity contribution in [3.05, 3.63) is 18.0 Å². The molecule has 80 valence electrons. The molecule has 1 saturated heterocycles. The number of aldehydes is 1. The first-order valence-electron chi connectivity index (χ1n) is 4.93. The third kappa shape index (κ3) is 2.12. The Morgan fingerprint density at radius 3 is 2.87 bits per heavy atom. The zero-order chi connectivity index (χ0) is 10.7. The Morgan fingerprint density at radius 1 is 1.53 bits per heavy atom. The highest BCUT2D eigenvalue weighted by molar-refractivity contribution is 5.73. The summed E-state index contributed by atoms with van der Waals surface area (Å²) in [6, 6.07) is 0.279. The molecule has 0 spiro atoms. The molecule has 1 aromatic heterocycles. The number of aromatic nitrogens is 2. The van der Waals surface area contributed by atoms with E-state index in [2.05, 4.69) is 21.8 Å². The van der Waals surface area contributed by atoms with E-state index in [-0.39, 0.29) is 6.04 Å². The van der Waals surface area contributed by atoms with Crippen molar-refractivity contribution < 1.29 is 9.53 Å². The molecule has 5 heteroatoms. The number of nitrogens with zero attached hydrogens (tertiary/aromatic N) is 3. The molecule has 1 fully saturated rings. The van der Waals surface area contributed by atoms with Gasteiger partial charge in [0.15, 0.2) is 6.29 Å². The lowest BCUT2D eigenvalue weighted by Gasteiger charge is -2.33. The smallest absolute Gasteiger partial charge is 0.225 e. The van der Waals surface area contributed by atoms with Crippen LogP contribution in [-0.2, 0) is 4.74 Å². The summed E-state index contributed by atoms with van der Waals surface area (Å²) < 4.78 is 5.32. The number of ether oxygens (including phenoxy) is 1. The minimum atomic E-state index is 0.279. The molecule has 1 aromatic rings. The predicted octanol–water partition coefficient (Wildman–Crippen LogP) is 0.514. The molecule has 1 aliphatic rings. The molecule has 0 bridgehead atoms. The summed E-state index contributed by atoms with van der Waals surface area (Å²) in [6.07, 6.45) is 3.82. The fraction of sp³-hybridized carbons (Fsp3) is 0.500. The van der Waals surface area contributed by atoms with Gasteiger partial charge in [-0.2, -0.15) is 0 Å². The first-order valence-corrected chi connectivity index (χ1v) is 4.93. The van der Waals surface area contributed by atoms with Gasteiger partial charge in [0.2, 0.25) is 5.95 Å². The molecule has 15 heavy (non-hydrogen) atoms. The number of anilines is 1. The molecule has 0 aliphatic carbocycles. The van der Waals surface area contributed by atoms with E-state index >= 15 is 0 Å². The van der Waals surface area contributed by atoms with E-state index < -0.39 is 0 Å². The van der Waals surface area contributed by atoms with Crippen LogP contribution in [0.4, 0.5) is 5.95 Å². The van der Waals surface area contributed by atoms with Crippen molar-refractivity contribution in [2.75, 3.05) is 24.7 Å². The highest BCUT2D eigenvalue weighted by Gasteiger charge is 2.20. The fourth-order valence-electron chi connectivity index (χ4n) is 1.56. The van der Waals surface area contributed by atoms with Crippen LogP contribution in [0.1, 0.15) is 17.3 Å². The average Bonchev–Trinajstić information content (AvgIpc) is 2.30. The summed E-state index contributed by atoms with van der Waals surface area (Å²) >= 11 is 0. The second-order valence-corrected chi connectivity index (χ2v) is 3.55. The molecule has 0 amide bonds. The summed E-state index contributed by atoms with van der Waals surface area (Å²) in [5, 5.41) is 0. The minimum Gasteiger partial charge on any atom is -0.377 e. The average molecular weight is 207 g/mol. The molecule has 1 atom stereocenters. The van der Waals surface area contributed by atoms with Gasteiger partial charge < -0.3 is 9.64 Å². The van der Waals surface area contributed by atoms with Gasteiger partial charge in [-0.3, -0.25) is 4.79 Å². The van der Waals surface area contributed by atoms with Crippen LogP contribution in [0.2, 0.25) is 0 Å². The summed E-state index contributed by atoms with van der Waals surface area (Å²) in [5.74, 6) is 0.663. The monoisotopic (exact) mass is 207 g/mol. The van der Waals surface area contributed by atoms with Gasteiger partial charge in [0.1, 0.15) is 0 Å². The van der Waals surface area contributed by atoms with Gasteiger partial charge in [-0.1, -0.05) is 0 Å². The van der Waals surface area contributed by atoms with Crippen molar-refractivity contribution in [3.63, 3.8) is 0 Å². The second kappa shape index (κ2) is 4.35. The SMILES string of the molecule is CC1COCCN1c1ncc(C=O)cn1. The third-order valence-electron chi connectivity index (χ3n) is 2.42. The Bertz CT molecular complexity index is 339. The van der Waals surface area contributed by atoms with Crippen molar-refractivity contribution in [1.82, 2.24) is 9.97 Å². The van der Waals surface area contributed by atoms with E-state index in [1.807, 2.05) is 0 Å². The zero-order valence-electron chi connectivity index (χ0n) is 8.59. The van der Waals surface area contributed by atoms with E-state index in [0.717, 1.165) is 12.8 Å². The molecule has 5 nitrogen and oxygen atoms in total. The van der Waals surface area contributed by atoms with Gasteiger partial charge in [0.05, 0.1) is 24.8 Å². The van der Waals surface area contributed by atoms with E-state index in [1.165, 1.54) is 12.4 Å². The van der Waals surface area contributed by atoms with Gasteiger partial charge in [0, 0.05) is 18.9 Å². The van der Waals surface area contributed by atoms with Crippen LogP contribution in [0, 0.1) is 0 Å². The zero-order valence-corrected chi connectivity index (χ0v) is 8.59. The van der Waals surface area contributed by atoms with Crippen LogP contribution in [-0.4, -0.2) is 42.1 Å². The maximum Gasteiger partial charge on any atom is 0.225 e. The van der Waals surface area contributed by atoms with E-state index in [4.69, 9.17) is 4.74 Å². The maximum absolute atomic E-state index is 10.4. The summed E-state index contributed by atoms with van der Waals surface area (Å²) in [6.45, 7) is 4.25. The summed E-state index contributed by atoms with van der Waals surface area (Å²) in [4.78, 5) is 20.8. The Kier molecular flexibility index (Phi) is 2.91. The topological polar surface area (TPSA) is 55.3 Å². The van der Waals surface area contributed by atoms with Crippen LogP contribution < -0.4 is 4.90 Å². The van der Waals surface area contributed by atoms with E-state index in [0.29, 0.717) is 24.7 Å². The van der Waals surface area contributed by atoms with Gasteiger partial charge >= 0.3 is 0 Å². The van der Waals surface area contributed by atoms with Gasteiger partial charge in [-0.25, -0.2) is 9.97 Å². The lowest BCUT2D eigenvalue weighted by Crippen LogP contribution is -2.44. The molecule has 1 unspecified atom stereocenters. The summed E-state index contributed by atoms with van der Waals surface area (Å²) in [7, 11) is 0. The van der Waals surface area contributed by atoms with Crippen LogP contribution in [0.3, 0.4) is 0 Å². The molecule has 2 rings (SSSR count). The maximum atomic E-state index is 10.4. The van der Waals surface area contributed by atoms with Crippen molar-refractivity contribution >= 4 is 12.2 Å². The first kappa shape index (κ1) is 10.0. The highest BCUT2D eigenvalue weighted by Crippen LogP contribution is 2.13. The van der Waals surface area contributed by atoms with Crippen LogP contribution in [0.15, 0.2) is 12.4 Å². The van der Waals surface area contributed by atoms with E-state index in [9.17, 15) is 4.79 Å². The van der Waals surface area contributed by atoms with Crippen LogP contribution in [0.25, 0.3) is 0 Å². The van der Waals surface area contributed by atoms with Crippen LogP contribution >= 0.6 is 0 Å². The Labute approximate surface area is 88.1 Å². The largest absolute Gasteiger partial charge is 0.377 e. The molecule has 0 radical (unpaired) electrons. The number of carbonyl (C=O) groups excluding carboxylic acids is 1. The van der Waals surface area contributed by atoms with E-state index in [1.54, 1.807) is 0 Å². The van der Waals surface area contributed by atoms with Gasteiger partial charge in [-0.05, 0) is 6.92 Å². The number of carbonyl (C=O) groups is 1. The minimum absolute atomic E-state index is 0.279. The molecule has 2 heterocycles. The standard InChI is InChI=1S/C10H13N3O2/c1-8-7-15-3-2-13(8)10-11-4-9(6-14)5-12-10/h4-6,8H,2-3,7H2,1H3. The van der Waals surface area contributed by atoms with Crippen molar-refractivity contribution in [3.8, 4) is 0 Å². The van der Waals surface area contributed by atoms with Gasteiger partial charge in [-0.15, -0.1) is 0 Å². The Morgan fingerprint density at radius 2 is 2.27 bits per heavy atom. The lowest BCUT2D eigenvalue weighted by atomic mass is 10.3. The highest BCUT2D eigenvalue weighted by atomic mass is 16.5. The molecular weight excluding hydrogens is 194 g/mol. The molecule has 0 N–H and O–H groups in total. The van der Waals surface area contributed by atoms with Crippen LogP contribution in [0.5, 0.6) is 0 Å². The Balaban J connectivity index is 2.16. The molecular formula is C10H13N3O2. The second-order valence-electron chi connectivity index (χ2n) is 3.55. The normalized spacial score (nSPS) is 21.4. The first-order chi connectivity index (χ1) is 7.31. The Hall–Kier alpha value is -1.49. The predicted molar refractivity (Wildman–Crippen MR) is 55.0 cm³/mol. The quantitative estimate of drug-likeness (QED) is 0.661. The number of rotatable bonds is 2. The molecule has 0 aromatic carbocycles. The van der Waals surface area contributed by atoms with Crippen molar-refractivity contribution in [1.29, 1.82) is 0 Å². The fourth-order valence-corrected chi connectivity index (χ4v) is 1.56. The lowest BCUT2D eigenvalue weighted by molar-refractivity contribution is 0.0980. The third-order valence-corrected chi connectivity index (χ3v) is 2.42.